The van der Waals surface area contributed by atoms with Crippen LogP contribution in [0.4, 0.5) is 0 Å². The molecule has 0 bridgehead atoms. The predicted octanol–water partition coefficient (Wildman–Crippen LogP) is -0.776. The number of pyridine rings is 2. The second-order valence-electron chi connectivity index (χ2n) is 9.63. The lowest BCUT2D eigenvalue weighted by atomic mass is 9.92. The second kappa shape index (κ2) is 12.2. The number of aliphatic hydroxyl groups excluding tert-OH is 1. The van der Waals surface area contributed by atoms with Gasteiger partial charge in [0, 0.05) is 31.6 Å². The largest absolute Gasteiger partial charge is 0.505 e. The van der Waals surface area contributed by atoms with E-state index in [2.05, 4.69) is 25.9 Å². The molecule has 13 nitrogen and oxygen atoms in total. The molecule has 2 aromatic heterocycles. The summed E-state index contributed by atoms with van der Waals surface area (Å²) < 4.78 is 10.9. The van der Waals surface area contributed by atoms with Gasteiger partial charge in [0.05, 0.1) is 24.1 Å². The summed E-state index contributed by atoms with van der Waals surface area (Å²) in [4.78, 5) is 60.6. The van der Waals surface area contributed by atoms with Crippen LogP contribution in [-0.2, 0) is 30.3 Å². The van der Waals surface area contributed by atoms with Gasteiger partial charge < -0.3 is 35.6 Å². The van der Waals surface area contributed by atoms with Gasteiger partial charge in [0.1, 0.15) is 17.9 Å². The topological polar surface area (TPSA) is 189 Å². The number of aromatic nitrogens is 2. The van der Waals surface area contributed by atoms with Crippen LogP contribution >= 0.6 is 0 Å². The number of cyclic esters (lactones) is 1. The van der Waals surface area contributed by atoms with Gasteiger partial charge in [0.2, 0.25) is 12.0 Å². The molecule has 2 aliphatic rings. The fourth-order valence-corrected chi connectivity index (χ4v) is 4.40. The van der Waals surface area contributed by atoms with Gasteiger partial charge in [-0.15, -0.1) is 0 Å². The third-order valence-electron chi connectivity index (χ3n) is 6.82. The fourth-order valence-electron chi connectivity index (χ4n) is 4.40. The first-order valence-corrected chi connectivity index (χ1v) is 12.6. The molecule has 0 saturated carbocycles. The van der Waals surface area contributed by atoms with Crippen molar-refractivity contribution in [3.05, 3.63) is 54.1 Å². The molecule has 208 valence electrons. The van der Waals surface area contributed by atoms with E-state index in [-0.39, 0.29) is 12.1 Å². The smallest absolute Gasteiger partial charge is 0.312 e. The molecular weight excluding hydrogens is 510 g/mol. The first-order valence-electron chi connectivity index (χ1n) is 12.6. The summed E-state index contributed by atoms with van der Waals surface area (Å²) in [6.07, 6.45) is 1.60. The Labute approximate surface area is 224 Å². The number of hydrogen-bond acceptors (Lipinski definition) is 10. The van der Waals surface area contributed by atoms with Gasteiger partial charge in [-0.1, -0.05) is 6.07 Å². The second-order valence-corrected chi connectivity index (χ2v) is 9.63. The van der Waals surface area contributed by atoms with Crippen LogP contribution in [0.2, 0.25) is 0 Å². The summed E-state index contributed by atoms with van der Waals surface area (Å²) >= 11 is 0. The summed E-state index contributed by atoms with van der Waals surface area (Å²) in [6, 6.07) is 2.79. The highest BCUT2D eigenvalue weighted by atomic mass is 16.6. The van der Waals surface area contributed by atoms with Gasteiger partial charge in [-0.2, -0.15) is 0 Å². The number of hydrogen-bond donors (Lipinski definition) is 5. The molecule has 4 heterocycles. The van der Waals surface area contributed by atoms with Gasteiger partial charge >= 0.3 is 5.97 Å². The quantitative estimate of drug-likeness (QED) is 0.300. The normalized spacial score (nSPS) is 29.9. The van der Waals surface area contributed by atoms with E-state index in [1.165, 1.54) is 32.2 Å². The highest BCUT2D eigenvalue weighted by molar-refractivity contribution is 5.98. The molecule has 3 amide bonds. The first-order chi connectivity index (χ1) is 18.7. The maximum absolute atomic E-state index is 13.6. The Hall–Kier alpha value is -4.10. The van der Waals surface area contributed by atoms with Crippen LogP contribution in [0.5, 0.6) is 5.75 Å². The fraction of sp³-hybridized carbons (Fsp3) is 0.462. The maximum Gasteiger partial charge on any atom is 0.312 e. The molecule has 13 heteroatoms. The summed E-state index contributed by atoms with van der Waals surface area (Å²) in [5.41, 5.74) is 0.362. The number of ether oxygens (including phenoxy) is 2. The molecule has 2 saturated heterocycles. The van der Waals surface area contributed by atoms with Crippen LogP contribution in [-0.4, -0.2) is 86.9 Å². The molecule has 0 aliphatic carbocycles. The minimum atomic E-state index is -1.42. The minimum Gasteiger partial charge on any atom is -0.505 e. The number of nitrogens with zero attached hydrogens (tertiary/aromatic N) is 2. The number of carbonyl (C=O) groups is 4. The Morgan fingerprint density at radius 3 is 2.51 bits per heavy atom. The Bertz CT molecular complexity index is 1210. The van der Waals surface area contributed by atoms with Crippen molar-refractivity contribution in [3.8, 4) is 5.75 Å². The van der Waals surface area contributed by atoms with E-state index in [4.69, 9.17) is 9.47 Å². The van der Waals surface area contributed by atoms with E-state index in [0.717, 1.165) is 0 Å². The van der Waals surface area contributed by atoms with Crippen molar-refractivity contribution < 1.29 is 38.9 Å². The van der Waals surface area contributed by atoms with E-state index in [1.54, 1.807) is 24.5 Å². The summed E-state index contributed by atoms with van der Waals surface area (Å²) in [7, 11) is 0. The monoisotopic (exact) mass is 541 g/mol. The summed E-state index contributed by atoms with van der Waals surface area (Å²) in [6.45, 7) is 3.31. The van der Waals surface area contributed by atoms with Crippen molar-refractivity contribution in [2.45, 2.75) is 63.1 Å². The first kappa shape index (κ1) is 27.9. The van der Waals surface area contributed by atoms with Crippen molar-refractivity contribution in [1.29, 1.82) is 0 Å². The average Bonchev–Trinajstić information content (AvgIpc) is 2.89. The lowest BCUT2D eigenvalue weighted by Gasteiger charge is -2.37. The standard InChI is InChI=1S/C26H31N5O8/c1-13-21(33)16(11-15-5-3-8-27-12-15)30-23(34)19(31-24(35)20-17(32)6-4-9-28-20)14(2)29-25(36)22(39-26(13)37)18-7-10-38-18/h3-6,8-9,12-14,16,18-19,21-22,32-33H,7,10-11H2,1-2H3,(H,29,36)(H,30,34)(H,31,35). The van der Waals surface area contributed by atoms with Crippen LogP contribution in [0.3, 0.4) is 0 Å². The van der Waals surface area contributed by atoms with Crippen molar-refractivity contribution in [3.63, 3.8) is 0 Å². The zero-order valence-corrected chi connectivity index (χ0v) is 21.4. The SMILES string of the molecule is CC1NC(=O)C(C2CCO2)OC(=O)C(C)C(O)C(Cc2cccnc2)NC(=O)C1NC(=O)c1ncccc1O. The van der Waals surface area contributed by atoms with E-state index >= 15 is 0 Å². The number of aliphatic hydroxyl groups is 1. The van der Waals surface area contributed by atoms with Crippen molar-refractivity contribution in [1.82, 2.24) is 25.9 Å². The molecule has 0 radical (unpaired) electrons. The van der Waals surface area contributed by atoms with Crippen molar-refractivity contribution in [2.24, 2.45) is 5.92 Å². The van der Waals surface area contributed by atoms with Crippen LogP contribution in [0.15, 0.2) is 42.9 Å². The minimum absolute atomic E-state index is 0.107. The highest BCUT2D eigenvalue weighted by Crippen LogP contribution is 2.22. The molecule has 0 spiro atoms. The summed E-state index contributed by atoms with van der Waals surface area (Å²) in [5.74, 6) is -4.66. The molecule has 2 aromatic rings. The Morgan fingerprint density at radius 2 is 1.87 bits per heavy atom. The van der Waals surface area contributed by atoms with Gasteiger partial charge in [-0.3, -0.25) is 24.2 Å². The highest BCUT2D eigenvalue weighted by Gasteiger charge is 2.43. The number of esters is 1. The third kappa shape index (κ3) is 6.49. The predicted molar refractivity (Wildman–Crippen MR) is 134 cm³/mol. The van der Waals surface area contributed by atoms with E-state index < -0.39 is 71.8 Å². The summed E-state index contributed by atoms with van der Waals surface area (Å²) in [5, 5.41) is 29.1. The van der Waals surface area contributed by atoms with Crippen LogP contribution in [0, 0.1) is 5.92 Å². The number of amides is 3. The molecule has 7 atom stereocenters. The molecule has 2 fully saturated rings. The molecule has 39 heavy (non-hydrogen) atoms. The lowest BCUT2D eigenvalue weighted by Crippen LogP contribution is -2.63. The Balaban J connectivity index is 1.67. The van der Waals surface area contributed by atoms with Crippen LogP contribution < -0.4 is 16.0 Å². The number of rotatable bonds is 5. The lowest BCUT2D eigenvalue weighted by molar-refractivity contribution is -0.184. The zero-order chi connectivity index (χ0) is 28.1. The van der Waals surface area contributed by atoms with E-state index in [0.29, 0.717) is 18.6 Å². The number of aromatic hydroxyl groups is 1. The van der Waals surface area contributed by atoms with Gasteiger partial charge in [-0.05, 0) is 44.0 Å². The van der Waals surface area contributed by atoms with Gasteiger partial charge in [0.25, 0.3) is 11.8 Å². The van der Waals surface area contributed by atoms with Gasteiger partial charge in [0.15, 0.2) is 5.69 Å². The molecular formula is C26H31N5O8. The number of nitrogens with one attached hydrogen (secondary N) is 3. The molecule has 5 N–H and O–H groups in total. The average molecular weight is 542 g/mol. The zero-order valence-electron chi connectivity index (χ0n) is 21.4. The Morgan fingerprint density at radius 1 is 1.13 bits per heavy atom. The maximum atomic E-state index is 13.6. The van der Waals surface area contributed by atoms with Gasteiger partial charge in [-0.25, -0.2) is 4.98 Å². The van der Waals surface area contributed by atoms with Crippen molar-refractivity contribution >= 4 is 23.7 Å². The molecule has 2 aliphatic heterocycles. The third-order valence-corrected chi connectivity index (χ3v) is 6.82. The number of carbonyl (C=O) groups excluding carboxylic acids is 4. The van der Waals surface area contributed by atoms with Crippen molar-refractivity contribution in [2.75, 3.05) is 6.61 Å². The Kier molecular flexibility index (Phi) is 8.72. The molecule has 4 rings (SSSR count). The van der Waals surface area contributed by atoms with E-state index in [1.807, 2.05) is 0 Å². The molecule has 0 aromatic carbocycles. The van der Waals surface area contributed by atoms with Crippen LogP contribution in [0.1, 0.15) is 36.3 Å². The van der Waals surface area contributed by atoms with E-state index in [9.17, 15) is 29.4 Å². The molecule has 7 unspecified atom stereocenters. The van der Waals surface area contributed by atoms with Crippen LogP contribution in [0.25, 0.3) is 0 Å².